The lowest BCUT2D eigenvalue weighted by Gasteiger charge is -2.39. The standard InChI is InChI=1S/C28H35N5O3.C23H30N4O2.C5H8ClNO2/c1-17-6-8-21(9-7-17)25-30-26-23(16-22-19(3)14-18(2)15-20(22)4)24(29-5)27(33(26)31-25)36-28(34)32-10-12-35-13-11-32;1-13-6-8-17(9-7-13)21-25-22(27-26-21)19(20(24-5)23(28)29)12-18-15(3)10-14(2)11-16(18)4;6-5(8)7-1-3-9-4-2-7/h6-9,18-20,22H,10-16H2,1-4H3,(H,30,31);6-9,14-16,18-20H,10-12H2,1-4H3,(H,28,29)(H,25,26,27);1-4H2. The largest absolute Gasteiger partial charge is 0.475 e. The van der Waals surface area contributed by atoms with Crippen LogP contribution < -0.4 is 4.74 Å². The van der Waals surface area contributed by atoms with Crippen molar-refractivity contribution < 1.29 is 33.7 Å². The molecule has 0 radical (unpaired) electrons. The molecule has 74 heavy (non-hydrogen) atoms. The SMILES string of the molecule is O=C(Cl)N1CCOCC1.[C-]#[N+]C(C(=O)O)C(CC1C(C)CC(C)CC1C)c1nc(-c2ccc(C)cc2)n[nH]1.[C-]#[N+]c1c(CC2C(C)CC(C)CC2C)c2nc(-c3ccc(C)cc3)[nH]n2c1OC(=O)N1CCOCC1. The van der Waals surface area contributed by atoms with Gasteiger partial charge in [-0.1, -0.05) is 101 Å². The van der Waals surface area contributed by atoms with E-state index >= 15 is 0 Å². The molecule has 6 unspecified atom stereocenters. The number of fused-ring (bicyclic) bond motifs is 1. The first-order chi connectivity index (χ1) is 35.5. The quantitative estimate of drug-likeness (QED) is 0.0690. The van der Waals surface area contributed by atoms with Crippen molar-refractivity contribution in [3.8, 4) is 28.7 Å². The highest BCUT2D eigenvalue weighted by Gasteiger charge is 2.43. The van der Waals surface area contributed by atoms with Crippen molar-refractivity contribution in [3.05, 3.63) is 93.9 Å². The molecule has 2 saturated heterocycles. The molecule has 17 nitrogen and oxygen atoms in total. The van der Waals surface area contributed by atoms with Crippen LogP contribution in [0.4, 0.5) is 15.3 Å². The highest BCUT2D eigenvalue weighted by atomic mass is 35.5. The summed E-state index contributed by atoms with van der Waals surface area (Å²) >= 11 is 5.19. The Morgan fingerprint density at radius 1 is 0.770 bits per heavy atom. The van der Waals surface area contributed by atoms with Crippen LogP contribution in [0.2, 0.25) is 0 Å². The fraction of sp³-hybridized carbons (Fsp3) is 0.571. The minimum Gasteiger partial charge on any atom is -0.475 e. The van der Waals surface area contributed by atoms with Gasteiger partial charge >= 0.3 is 23.5 Å². The van der Waals surface area contributed by atoms with Crippen molar-refractivity contribution in [2.75, 3.05) is 52.6 Å². The number of nitrogens with zero attached hydrogens (tertiary/aromatic N) is 8. The van der Waals surface area contributed by atoms with E-state index in [-0.39, 0.29) is 11.2 Å². The second kappa shape index (κ2) is 25.3. The number of carboxylic acid groups (broad SMARTS) is 1. The second-order valence-corrected chi connectivity index (χ2v) is 21.7. The molecule has 2 aromatic carbocycles. The summed E-state index contributed by atoms with van der Waals surface area (Å²) in [6.45, 7) is 37.7. The van der Waals surface area contributed by atoms with Crippen molar-refractivity contribution in [2.24, 2.45) is 47.3 Å². The van der Waals surface area contributed by atoms with Crippen LogP contribution >= 0.6 is 11.6 Å². The Morgan fingerprint density at radius 3 is 1.77 bits per heavy atom. The molecule has 2 saturated carbocycles. The Bertz CT molecular complexity index is 2740. The normalized spacial score (nSPS) is 24.7. The fourth-order valence-electron chi connectivity index (χ4n) is 11.8. The van der Waals surface area contributed by atoms with Crippen molar-refractivity contribution in [1.29, 1.82) is 0 Å². The number of carbonyl (C=O) groups excluding carboxylic acids is 2. The number of morpholine rings is 2. The molecule has 3 aromatic heterocycles. The van der Waals surface area contributed by atoms with Crippen molar-refractivity contribution >= 4 is 40.4 Å². The molecule has 396 valence electrons. The van der Waals surface area contributed by atoms with Crippen LogP contribution in [-0.2, 0) is 20.7 Å². The van der Waals surface area contributed by atoms with Crippen LogP contribution in [0.1, 0.15) is 102 Å². The van der Waals surface area contributed by atoms with E-state index in [9.17, 15) is 19.5 Å². The number of aromatic nitrogens is 6. The first kappa shape index (κ1) is 55.5. The molecule has 0 spiro atoms. The van der Waals surface area contributed by atoms with E-state index in [1.54, 1.807) is 14.3 Å². The van der Waals surface area contributed by atoms with Gasteiger partial charge < -0.3 is 34.0 Å². The summed E-state index contributed by atoms with van der Waals surface area (Å²) in [7, 11) is 0. The molecule has 9 rings (SSSR count). The number of carbonyl (C=O) groups is 3. The molecule has 3 N–H and O–H groups in total. The van der Waals surface area contributed by atoms with E-state index in [0.717, 1.165) is 41.5 Å². The number of aryl methyl sites for hydroxylation is 2. The number of halogens is 1. The van der Waals surface area contributed by atoms with Gasteiger partial charge in [0, 0.05) is 42.9 Å². The molecule has 2 amide bonds. The van der Waals surface area contributed by atoms with E-state index < -0.39 is 24.0 Å². The first-order valence-electron chi connectivity index (χ1n) is 26.2. The Morgan fingerprint density at radius 2 is 1.28 bits per heavy atom. The summed E-state index contributed by atoms with van der Waals surface area (Å²) in [5.74, 6) is 4.65. The summed E-state index contributed by atoms with van der Waals surface area (Å²) in [5.41, 5.74) is 6.04. The molecule has 4 fully saturated rings. The number of aliphatic carboxylic acids is 1. The van der Waals surface area contributed by atoms with E-state index in [2.05, 4.69) is 71.5 Å². The fourth-order valence-corrected chi connectivity index (χ4v) is 12.0. The van der Waals surface area contributed by atoms with E-state index in [4.69, 9.17) is 43.9 Å². The lowest BCUT2D eigenvalue weighted by Crippen LogP contribution is -2.42. The minimum absolute atomic E-state index is 0.224. The monoisotopic (exact) mass is 1030 g/mol. The summed E-state index contributed by atoms with van der Waals surface area (Å²) in [5, 5.41) is 19.9. The zero-order chi connectivity index (χ0) is 53.2. The molecule has 6 atom stereocenters. The molecule has 5 aromatic rings. The summed E-state index contributed by atoms with van der Waals surface area (Å²) in [6, 6.07) is 14.9. The Hall–Kier alpha value is -6.27. The van der Waals surface area contributed by atoms with Crippen LogP contribution in [-0.4, -0.2) is 121 Å². The van der Waals surface area contributed by atoms with Gasteiger partial charge in [0.05, 0.1) is 33.0 Å². The predicted molar refractivity (Wildman–Crippen MR) is 284 cm³/mol. The highest BCUT2D eigenvalue weighted by Crippen LogP contribution is 2.46. The third-order valence-electron chi connectivity index (χ3n) is 15.7. The Labute approximate surface area is 440 Å². The number of ether oxygens (including phenoxy) is 3. The Kier molecular flexibility index (Phi) is 19.0. The van der Waals surface area contributed by atoms with Gasteiger partial charge in [-0.3, -0.25) is 15.0 Å². The number of aromatic amines is 2. The zero-order valence-electron chi connectivity index (χ0n) is 44.1. The predicted octanol–water partition coefficient (Wildman–Crippen LogP) is 11.5. The Balaban J connectivity index is 0.000000188. The number of benzene rings is 2. The van der Waals surface area contributed by atoms with Crippen molar-refractivity contribution in [3.63, 3.8) is 0 Å². The number of hydrogen-bond donors (Lipinski definition) is 3. The van der Waals surface area contributed by atoms with Gasteiger partial charge in [-0.15, -0.1) is 0 Å². The number of nitrogens with one attached hydrogen (secondary N) is 2. The number of H-pyrrole nitrogens is 2. The number of rotatable bonds is 10. The van der Waals surface area contributed by atoms with Gasteiger partial charge in [0.15, 0.2) is 11.6 Å². The lowest BCUT2D eigenvalue weighted by atomic mass is 9.66. The van der Waals surface area contributed by atoms with Crippen LogP contribution in [0.3, 0.4) is 0 Å². The third kappa shape index (κ3) is 13.5. The first-order valence-corrected chi connectivity index (χ1v) is 26.6. The van der Waals surface area contributed by atoms with E-state index in [1.165, 1.54) is 18.4 Å². The van der Waals surface area contributed by atoms with Gasteiger partial charge in [-0.25, -0.2) is 35.5 Å². The third-order valence-corrected chi connectivity index (χ3v) is 15.9. The highest BCUT2D eigenvalue weighted by molar-refractivity contribution is 6.62. The average molecular weight is 1030 g/mol. The van der Waals surface area contributed by atoms with Crippen LogP contribution in [0, 0.1) is 74.3 Å². The molecular weight excluding hydrogens is 960 g/mol. The topological polar surface area (TPSA) is 189 Å². The molecular formula is C56H73ClN10O7. The van der Waals surface area contributed by atoms with Gasteiger partial charge in [0.2, 0.25) is 5.88 Å². The maximum atomic E-state index is 13.0. The number of hydrogen-bond acceptors (Lipinski definition) is 9. The molecule has 4 aliphatic rings. The smallest absolute Gasteiger partial charge is 0.415 e. The van der Waals surface area contributed by atoms with E-state index in [1.807, 2.05) is 62.4 Å². The summed E-state index contributed by atoms with van der Waals surface area (Å²) in [6.07, 6.45) is 5.57. The van der Waals surface area contributed by atoms with Gasteiger partial charge in [-0.05, 0) is 111 Å². The number of amides is 2. The lowest BCUT2D eigenvalue weighted by molar-refractivity contribution is -0.138. The molecule has 18 heteroatoms. The second-order valence-electron chi connectivity index (χ2n) is 21.4. The molecule has 2 aliphatic heterocycles. The van der Waals surface area contributed by atoms with Crippen LogP contribution in [0.15, 0.2) is 48.5 Å². The maximum Gasteiger partial charge on any atom is 0.415 e. The van der Waals surface area contributed by atoms with Crippen molar-refractivity contribution in [1.82, 2.24) is 39.6 Å². The van der Waals surface area contributed by atoms with Gasteiger partial charge in [-0.2, -0.15) is 5.10 Å². The maximum absolute atomic E-state index is 13.0. The zero-order valence-corrected chi connectivity index (χ0v) is 44.9. The summed E-state index contributed by atoms with van der Waals surface area (Å²) in [4.78, 5) is 55.4. The van der Waals surface area contributed by atoms with Crippen LogP contribution in [0.5, 0.6) is 5.88 Å². The molecule has 2 aliphatic carbocycles. The molecule has 0 bridgehead atoms. The van der Waals surface area contributed by atoms with Crippen molar-refractivity contribution in [2.45, 2.75) is 106 Å². The van der Waals surface area contributed by atoms with E-state index in [0.29, 0.717) is 135 Å². The molecule has 5 heterocycles. The van der Waals surface area contributed by atoms with Gasteiger partial charge in [0.25, 0.3) is 5.69 Å². The summed E-state index contributed by atoms with van der Waals surface area (Å²) < 4.78 is 18.0. The average Bonchev–Trinajstić information content (AvgIpc) is 4.11. The van der Waals surface area contributed by atoms with Crippen LogP contribution in [0.25, 0.3) is 38.1 Å². The number of carboxylic acids is 1. The minimum atomic E-state index is -1.16. The van der Waals surface area contributed by atoms with Gasteiger partial charge in [0.1, 0.15) is 17.4 Å².